The van der Waals surface area contributed by atoms with E-state index in [1.165, 1.54) is 12.5 Å². The summed E-state index contributed by atoms with van der Waals surface area (Å²) >= 11 is 5.91. The molecule has 1 heterocycles. The molecule has 1 aromatic heterocycles. The zero-order valence-electron chi connectivity index (χ0n) is 11.7. The van der Waals surface area contributed by atoms with Gasteiger partial charge in [0.2, 0.25) is 5.95 Å². The molecule has 1 aromatic carbocycles. The third-order valence-corrected chi connectivity index (χ3v) is 4.57. The molecule has 1 aliphatic carbocycles. The van der Waals surface area contributed by atoms with Gasteiger partial charge in [-0.3, -0.25) is 0 Å². The Morgan fingerprint density at radius 3 is 2.55 bits per heavy atom. The Balaban J connectivity index is 2.10. The molecule has 1 fully saturated rings. The molecule has 0 bridgehead atoms. The number of halogens is 2. The molecule has 2 N–H and O–H groups in total. The van der Waals surface area contributed by atoms with Gasteiger partial charge in [0.15, 0.2) is 0 Å². The predicted octanol–water partition coefficient (Wildman–Crippen LogP) is 4.41. The summed E-state index contributed by atoms with van der Waals surface area (Å²) in [6.07, 6.45) is 3.41. The van der Waals surface area contributed by atoms with Crippen molar-refractivity contribution in [2.45, 2.75) is 39.2 Å². The highest BCUT2D eigenvalue weighted by atomic mass is 35.5. The Morgan fingerprint density at radius 1 is 1.25 bits per heavy atom. The van der Waals surface area contributed by atoms with Crippen molar-refractivity contribution in [2.75, 3.05) is 5.73 Å². The fourth-order valence-electron chi connectivity index (χ4n) is 3.61. The van der Waals surface area contributed by atoms with Crippen molar-refractivity contribution in [3.05, 3.63) is 23.0 Å². The molecular weight excluding hydrogens is 277 g/mol. The molecule has 1 saturated carbocycles. The van der Waals surface area contributed by atoms with E-state index in [9.17, 15) is 4.39 Å². The van der Waals surface area contributed by atoms with Crippen LogP contribution in [0.2, 0.25) is 5.02 Å². The van der Waals surface area contributed by atoms with Gasteiger partial charge in [0.25, 0.3) is 0 Å². The highest BCUT2D eigenvalue weighted by Gasteiger charge is 2.27. The smallest absolute Gasteiger partial charge is 0.201 e. The minimum absolute atomic E-state index is 0.121. The lowest BCUT2D eigenvalue weighted by Crippen LogP contribution is -2.23. The van der Waals surface area contributed by atoms with Gasteiger partial charge >= 0.3 is 0 Å². The van der Waals surface area contributed by atoms with Gasteiger partial charge in [-0.05, 0) is 37.2 Å². The Kier molecular flexibility index (Phi) is 3.36. The van der Waals surface area contributed by atoms with Gasteiger partial charge in [-0.15, -0.1) is 0 Å². The highest BCUT2D eigenvalue weighted by molar-refractivity contribution is 6.31. The fourth-order valence-corrected chi connectivity index (χ4v) is 3.77. The van der Waals surface area contributed by atoms with Gasteiger partial charge in [0.05, 0.1) is 16.1 Å². The monoisotopic (exact) mass is 295 g/mol. The van der Waals surface area contributed by atoms with Crippen LogP contribution < -0.4 is 5.73 Å². The number of imidazole rings is 1. The van der Waals surface area contributed by atoms with Gasteiger partial charge in [-0.1, -0.05) is 25.4 Å². The van der Waals surface area contributed by atoms with E-state index < -0.39 is 5.82 Å². The van der Waals surface area contributed by atoms with Crippen molar-refractivity contribution in [1.82, 2.24) is 9.55 Å². The molecule has 20 heavy (non-hydrogen) atoms. The van der Waals surface area contributed by atoms with E-state index in [1.807, 2.05) is 4.57 Å². The summed E-state index contributed by atoms with van der Waals surface area (Å²) in [4.78, 5) is 4.28. The summed E-state index contributed by atoms with van der Waals surface area (Å²) in [6, 6.07) is 3.32. The minimum Gasteiger partial charge on any atom is -0.369 e. The van der Waals surface area contributed by atoms with Crippen LogP contribution in [0.5, 0.6) is 0 Å². The quantitative estimate of drug-likeness (QED) is 0.847. The van der Waals surface area contributed by atoms with Crippen molar-refractivity contribution in [3.8, 4) is 0 Å². The molecule has 0 aliphatic heterocycles. The Bertz CT molecular complexity index is 642. The van der Waals surface area contributed by atoms with E-state index in [0.29, 0.717) is 29.3 Å². The third-order valence-electron chi connectivity index (χ3n) is 4.28. The van der Waals surface area contributed by atoms with Gasteiger partial charge < -0.3 is 10.3 Å². The molecule has 108 valence electrons. The van der Waals surface area contributed by atoms with Crippen LogP contribution in [0, 0.1) is 17.7 Å². The first-order valence-corrected chi connectivity index (χ1v) is 7.46. The number of aromatic nitrogens is 2. The number of rotatable bonds is 1. The number of nitrogen functional groups attached to an aromatic ring is 1. The molecule has 0 radical (unpaired) electrons. The first kappa shape index (κ1) is 13.7. The van der Waals surface area contributed by atoms with Gasteiger partial charge in [-0.25, -0.2) is 9.37 Å². The second-order valence-electron chi connectivity index (χ2n) is 6.17. The molecular formula is C15H19ClFN3. The Hall–Kier alpha value is -1.29. The number of benzene rings is 1. The second-order valence-corrected chi connectivity index (χ2v) is 6.57. The summed E-state index contributed by atoms with van der Waals surface area (Å²) < 4.78 is 15.6. The molecule has 2 aromatic rings. The van der Waals surface area contributed by atoms with Crippen LogP contribution >= 0.6 is 11.6 Å². The van der Waals surface area contributed by atoms with Gasteiger partial charge in [0.1, 0.15) is 5.82 Å². The lowest BCUT2D eigenvalue weighted by atomic mass is 9.80. The first-order chi connectivity index (χ1) is 9.45. The van der Waals surface area contributed by atoms with Crippen molar-refractivity contribution >= 4 is 28.6 Å². The van der Waals surface area contributed by atoms with E-state index in [4.69, 9.17) is 17.3 Å². The maximum absolute atomic E-state index is 13.5. The maximum atomic E-state index is 13.5. The van der Waals surface area contributed by atoms with Crippen LogP contribution in [0.25, 0.3) is 11.0 Å². The Morgan fingerprint density at radius 2 is 1.90 bits per heavy atom. The summed E-state index contributed by atoms with van der Waals surface area (Å²) in [5.41, 5.74) is 7.47. The molecule has 2 unspecified atom stereocenters. The van der Waals surface area contributed by atoms with E-state index in [2.05, 4.69) is 18.8 Å². The highest BCUT2D eigenvalue weighted by Crippen LogP contribution is 2.39. The van der Waals surface area contributed by atoms with Crippen molar-refractivity contribution in [1.29, 1.82) is 0 Å². The summed E-state index contributed by atoms with van der Waals surface area (Å²) in [6.45, 7) is 4.54. The van der Waals surface area contributed by atoms with Crippen molar-refractivity contribution in [3.63, 3.8) is 0 Å². The first-order valence-electron chi connectivity index (χ1n) is 7.08. The maximum Gasteiger partial charge on any atom is 0.201 e. The van der Waals surface area contributed by atoms with Crippen LogP contribution in [0.3, 0.4) is 0 Å². The van der Waals surface area contributed by atoms with Gasteiger partial charge in [-0.2, -0.15) is 0 Å². The third kappa shape index (κ3) is 2.26. The van der Waals surface area contributed by atoms with Crippen LogP contribution in [0.4, 0.5) is 10.3 Å². The molecule has 3 rings (SSSR count). The normalized spacial score (nSPS) is 27.1. The standard InChI is InChI=1S/C15H19ClFN3/c1-8-3-9(2)5-10(4-8)20-14-6-11(16)12(17)7-13(14)19-15(20)18/h6-10H,3-5H2,1-2H3,(H2,18,19). The topological polar surface area (TPSA) is 43.8 Å². The fraction of sp³-hybridized carbons (Fsp3) is 0.533. The molecule has 2 atom stereocenters. The molecule has 0 saturated heterocycles. The molecule has 0 spiro atoms. The SMILES string of the molecule is CC1CC(C)CC(n2c(N)nc3cc(F)c(Cl)cc32)C1. The van der Waals surface area contributed by atoms with Crippen LogP contribution in [-0.4, -0.2) is 9.55 Å². The Labute approximate surface area is 122 Å². The van der Waals surface area contributed by atoms with Crippen LogP contribution in [0.15, 0.2) is 12.1 Å². The van der Waals surface area contributed by atoms with E-state index in [-0.39, 0.29) is 5.02 Å². The molecule has 3 nitrogen and oxygen atoms in total. The summed E-state index contributed by atoms with van der Waals surface area (Å²) in [5.74, 6) is 1.33. The number of hydrogen-bond acceptors (Lipinski definition) is 2. The van der Waals surface area contributed by atoms with Crippen molar-refractivity contribution in [2.24, 2.45) is 11.8 Å². The van der Waals surface area contributed by atoms with E-state index in [0.717, 1.165) is 18.4 Å². The zero-order chi connectivity index (χ0) is 14.4. The largest absolute Gasteiger partial charge is 0.369 e. The minimum atomic E-state index is -0.450. The number of hydrogen-bond donors (Lipinski definition) is 1. The summed E-state index contributed by atoms with van der Waals surface area (Å²) in [5, 5.41) is 0.121. The average Bonchev–Trinajstić information content (AvgIpc) is 2.64. The lowest BCUT2D eigenvalue weighted by molar-refractivity contribution is 0.226. The molecule has 0 amide bonds. The predicted molar refractivity (Wildman–Crippen MR) is 80.3 cm³/mol. The van der Waals surface area contributed by atoms with Crippen molar-refractivity contribution < 1.29 is 4.39 Å². The van der Waals surface area contributed by atoms with Crippen LogP contribution in [-0.2, 0) is 0 Å². The average molecular weight is 296 g/mol. The lowest BCUT2D eigenvalue weighted by Gasteiger charge is -2.33. The second kappa shape index (κ2) is 4.92. The van der Waals surface area contributed by atoms with E-state index >= 15 is 0 Å². The number of anilines is 1. The zero-order valence-corrected chi connectivity index (χ0v) is 12.5. The van der Waals surface area contributed by atoms with Gasteiger partial charge in [0, 0.05) is 12.1 Å². The number of nitrogens with zero attached hydrogens (tertiary/aromatic N) is 2. The number of nitrogens with two attached hydrogens (primary N) is 1. The summed E-state index contributed by atoms with van der Waals surface area (Å²) in [7, 11) is 0. The molecule has 1 aliphatic rings. The number of fused-ring (bicyclic) bond motifs is 1. The molecule has 5 heteroatoms. The van der Waals surface area contributed by atoms with Crippen LogP contribution in [0.1, 0.15) is 39.2 Å². The van der Waals surface area contributed by atoms with E-state index in [1.54, 1.807) is 6.07 Å².